The van der Waals surface area contributed by atoms with Gasteiger partial charge in [0, 0.05) is 12.1 Å². The lowest BCUT2D eigenvalue weighted by atomic mass is 10.3. The van der Waals surface area contributed by atoms with Gasteiger partial charge in [0.15, 0.2) is 12.7 Å². The molecule has 1 saturated carbocycles. The average molecular weight is 363 g/mol. The van der Waals surface area contributed by atoms with Gasteiger partial charge in [0.25, 0.3) is 5.91 Å². The van der Waals surface area contributed by atoms with E-state index in [4.69, 9.17) is 15.0 Å². The average Bonchev–Trinajstić information content (AvgIpc) is 3.20. The van der Waals surface area contributed by atoms with Gasteiger partial charge in [-0.1, -0.05) is 11.6 Å². The lowest BCUT2D eigenvalue weighted by Crippen LogP contribution is -2.39. The van der Waals surface area contributed by atoms with E-state index in [9.17, 15) is 22.8 Å². The Morgan fingerprint density at radius 1 is 1.44 bits per heavy atom. The Hall–Kier alpha value is -2.72. The van der Waals surface area contributed by atoms with E-state index in [0.29, 0.717) is 18.0 Å². The molecule has 1 aliphatic rings. The normalized spacial score (nSPS) is 18.6. The van der Waals surface area contributed by atoms with Crippen LogP contribution in [0.5, 0.6) is 0 Å². The van der Waals surface area contributed by atoms with Gasteiger partial charge in [0.2, 0.25) is 0 Å². The number of halogens is 3. The third-order valence-electron chi connectivity index (χ3n) is 3.25. The first-order valence-corrected chi connectivity index (χ1v) is 7.17. The molecule has 2 rings (SSSR count). The smallest absolute Gasteiger partial charge is 0.430 e. The van der Waals surface area contributed by atoms with Crippen molar-refractivity contribution in [1.29, 1.82) is 0 Å². The highest BCUT2D eigenvalue weighted by Gasteiger charge is 2.34. The lowest BCUT2D eigenvalue weighted by Gasteiger charge is -2.03. The first-order valence-electron chi connectivity index (χ1n) is 7.17. The number of carbonyl (C=O) groups is 3. The van der Waals surface area contributed by atoms with E-state index in [1.54, 1.807) is 12.3 Å². The van der Waals surface area contributed by atoms with Gasteiger partial charge in [0.05, 0.1) is 5.56 Å². The summed E-state index contributed by atoms with van der Waals surface area (Å²) >= 11 is 0. The number of aliphatic carboxylic acids is 2. The molecule has 25 heavy (non-hydrogen) atoms. The summed E-state index contributed by atoms with van der Waals surface area (Å²) < 4.78 is 33.1. The van der Waals surface area contributed by atoms with Gasteiger partial charge in [0.1, 0.15) is 18.6 Å². The number of amides is 1. The summed E-state index contributed by atoms with van der Waals surface area (Å²) in [5.74, 6) is -3.44. The number of carboxylic acid groups (broad SMARTS) is 2. The molecule has 1 aliphatic carbocycles. The fourth-order valence-electron chi connectivity index (χ4n) is 1.64. The molecule has 1 amide bonds. The molecule has 1 aromatic heterocycles. The maximum Gasteiger partial charge on any atom is 0.430 e. The van der Waals surface area contributed by atoms with Gasteiger partial charge in [-0.05, 0) is 17.4 Å². The molecule has 2 N–H and O–H groups in total. The molecule has 1 aromatic rings. The summed E-state index contributed by atoms with van der Waals surface area (Å²) in [5, 5.41) is 24.2. The topological polar surface area (TPSA) is 123 Å². The Kier molecular flexibility index (Phi) is 6.83. The molecule has 138 valence electrons. The van der Waals surface area contributed by atoms with Gasteiger partial charge in [-0.2, -0.15) is 13.2 Å². The largest absolute Gasteiger partial charge is 0.542 e. The number of rotatable bonds is 5. The van der Waals surface area contributed by atoms with Crippen LogP contribution in [0, 0.1) is 5.92 Å². The van der Waals surface area contributed by atoms with Crippen molar-refractivity contribution in [2.24, 2.45) is 5.92 Å². The lowest BCUT2D eigenvalue weighted by molar-refractivity contribution is -0.753. The van der Waals surface area contributed by atoms with Crippen molar-refractivity contribution < 1.29 is 42.4 Å². The monoisotopic (exact) mass is 363 g/mol. The van der Waals surface area contributed by atoms with Crippen molar-refractivity contribution in [2.75, 3.05) is 0 Å². The number of alkyl halides is 3. The van der Waals surface area contributed by atoms with E-state index < -0.39 is 18.1 Å². The van der Waals surface area contributed by atoms with Crippen molar-refractivity contribution >= 4 is 17.8 Å². The van der Waals surface area contributed by atoms with Crippen LogP contribution < -0.4 is 15.1 Å². The second kappa shape index (κ2) is 8.40. The van der Waals surface area contributed by atoms with E-state index in [-0.39, 0.29) is 18.4 Å². The Balaban J connectivity index is 0.000000381. The molecule has 0 aromatic carbocycles. The van der Waals surface area contributed by atoms with E-state index in [1.165, 1.54) is 10.9 Å². The maximum absolute atomic E-state index is 11.8. The third-order valence-corrected chi connectivity index (χ3v) is 3.25. The fraction of sp³-hybridized carbons (Fsp3) is 0.500. The molecule has 0 aliphatic heterocycles. The fourth-order valence-corrected chi connectivity index (χ4v) is 1.64. The molecule has 2 unspecified atom stereocenters. The van der Waals surface area contributed by atoms with Crippen LogP contribution >= 0.6 is 0 Å². The van der Waals surface area contributed by atoms with E-state index in [2.05, 4.69) is 17.3 Å². The highest BCUT2D eigenvalue weighted by atomic mass is 19.4. The van der Waals surface area contributed by atoms with Gasteiger partial charge >= 0.3 is 12.1 Å². The molecule has 11 heteroatoms. The van der Waals surface area contributed by atoms with Crippen molar-refractivity contribution in [3.8, 4) is 0 Å². The molecule has 1 fully saturated rings. The Labute approximate surface area is 140 Å². The number of nitrogens with zero attached hydrogens (tertiary/aromatic N) is 2. The van der Waals surface area contributed by atoms with Crippen LogP contribution in [0.1, 0.15) is 30.1 Å². The Morgan fingerprint density at radius 3 is 2.36 bits per heavy atom. The molecule has 1 heterocycles. The van der Waals surface area contributed by atoms with Crippen LogP contribution in [0.25, 0.3) is 0 Å². The summed E-state index contributed by atoms with van der Waals surface area (Å²) in [6.45, 7) is 2.39. The van der Waals surface area contributed by atoms with Crippen LogP contribution in [-0.4, -0.2) is 40.3 Å². The highest BCUT2D eigenvalue weighted by Crippen LogP contribution is 2.29. The number of aromatic nitrogens is 2. The minimum absolute atomic E-state index is 0.0167. The molecule has 0 saturated heterocycles. The zero-order chi connectivity index (χ0) is 19.2. The van der Waals surface area contributed by atoms with Crippen molar-refractivity contribution in [1.82, 2.24) is 10.4 Å². The molecule has 0 bridgehead atoms. The summed E-state index contributed by atoms with van der Waals surface area (Å²) in [6.07, 6.45) is -1.06. The zero-order valence-electron chi connectivity index (χ0n) is 13.1. The minimum Gasteiger partial charge on any atom is -0.542 e. The third kappa shape index (κ3) is 7.59. The zero-order valence-corrected chi connectivity index (χ0v) is 13.1. The summed E-state index contributed by atoms with van der Waals surface area (Å²) in [6, 6.07) is 1.94. The standard InChI is InChI=1S/C12H15N3O3.C2HF3O2/c1-8-6-10(8)14-12(18)9-2-4-15(13-7-9)5-3-11(16)17;3-2(4,5)1(6)7/h2,4,7-8,10H,3,5-6H2,1H3,(H-,14,16,17,18);(H,6,7). The van der Waals surface area contributed by atoms with E-state index in [1.807, 2.05) is 0 Å². The van der Waals surface area contributed by atoms with Crippen molar-refractivity contribution in [3.05, 3.63) is 24.0 Å². The van der Waals surface area contributed by atoms with Gasteiger partial charge in [-0.25, -0.2) is 0 Å². The molecule has 0 spiro atoms. The predicted molar refractivity (Wildman–Crippen MR) is 72.8 cm³/mol. The summed E-state index contributed by atoms with van der Waals surface area (Å²) in [5.41, 5.74) is 0.501. The molecular weight excluding hydrogens is 347 g/mol. The van der Waals surface area contributed by atoms with Crippen LogP contribution in [0.15, 0.2) is 18.5 Å². The van der Waals surface area contributed by atoms with Crippen LogP contribution in [-0.2, 0) is 16.1 Å². The Bertz CT molecular complexity index is 634. The second-order valence-electron chi connectivity index (χ2n) is 5.40. The highest BCUT2D eigenvalue weighted by molar-refractivity contribution is 5.94. The molecular formula is C14H16F3N3O5. The number of carbonyl (C=O) groups excluding carboxylic acids is 2. The number of aryl methyl sites for hydroxylation is 1. The molecule has 8 nitrogen and oxygen atoms in total. The van der Waals surface area contributed by atoms with Gasteiger partial charge in [-0.3, -0.25) is 9.59 Å². The van der Waals surface area contributed by atoms with Gasteiger partial charge < -0.3 is 20.3 Å². The minimum atomic E-state index is -5.19. The number of hydrogen-bond donors (Lipinski definition) is 2. The molecule has 0 radical (unpaired) electrons. The molecule has 2 atom stereocenters. The van der Waals surface area contributed by atoms with Crippen LogP contribution in [0.3, 0.4) is 0 Å². The van der Waals surface area contributed by atoms with E-state index >= 15 is 0 Å². The number of carboxylic acids is 2. The summed E-state index contributed by atoms with van der Waals surface area (Å²) in [7, 11) is 0. The predicted octanol–water partition coefficient (Wildman–Crippen LogP) is -0.719. The van der Waals surface area contributed by atoms with Gasteiger partial charge in [-0.15, -0.1) is 0 Å². The quantitative estimate of drug-likeness (QED) is 0.666. The second-order valence-corrected chi connectivity index (χ2v) is 5.40. The first kappa shape index (κ1) is 20.3. The number of nitrogens with one attached hydrogen (secondary N) is 1. The van der Waals surface area contributed by atoms with Crippen molar-refractivity contribution in [3.63, 3.8) is 0 Å². The number of hydrogen-bond acceptors (Lipinski definition) is 5. The van der Waals surface area contributed by atoms with Crippen molar-refractivity contribution in [2.45, 2.75) is 38.5 Å². The summed E-state index contributed by atoms with van der Waals surface area (Å²) in [4.78, 5) is 30.9. The SMILES string of the molecule is CC1CC1NC(=O)c1cc[n+](CCC(=O)O)nc1.O=C([O-])C(F)(F)F. The Morgan fingerprint density at radius 2 is 2.00 bits per heavy atom. The van der Waals surface area contributed by atoms with Crippen LogP contribution in [0.4, 0.5) is 13.2 Å². The maximum atomic E-state index is 11.8. The van der Waals surface area contributed by atoms with Crippen LogP contribution in [0.2, 0.25) is 0 Å². The van der Waals surface area contributed by atoms with E-state index in [0.717, 1.165) is 6.42 Å². The first-order chi connectivity index (χ1) is 11.5.